The molecule has 1 saturated carbocycles. The third kappa shape index (κ3) is 2.78. The third-order valence-electron chi connectivity index (χ3n) is 3.94. The quantitative estimate of drug-likeness (QED) is 0.856. The highest BCUT2D eigenvalue weighted by atomic mass is 19.1. The van der Waals surface area contributed by atoms with Crippen molar-refractivity contribution in [3.8, 4) is 5.75 Å². The first-order valence-corrected chi connectivity index (χ1v) is 6.57. The van der Waals surface area contributed by atoms with E-state index in [9.17, 15) is 14.3 Å². The van der Waals surface area contributed by atoms with Gasteiger partial charge in [0.2, 0.25) is 0 Å². The largest absolute Gasteiger partial charge is 0.494 e. The Morgan fingerprint density at radius 3 is 2.58 bits per heavy atom. The summed E-state index contributed by atoms with van der Waals surface area (Å²) in [6.07, 6.45) is 2.53. The summed E-state index contributed by atoms with van der Waals surface area (Å²) in [6.45, 7) is 2.11. The molecule has 1 fully saturated rings. The number of aliphatic hydroxyl groups is 1. The van der Waals surface area contributed by atoms with Crippen LogP contribution in [0.25, 0.3) is 0 Å². The molecule has 19 heavy (non-hydrogen) atoms. The van der Waals surface area contributed by atoms with E-state index >= 15 is 0 Å². The van der Waals surface area contributed by atoms with Gasteiger partial charge in [0, 0.05) is 5.56 Å². The van der Waals surface area contributed by atoms with Crippen molar-refractivity contribution >= 4 is 5.78 Å². The summed E-state index contributed by atoms with van der Waals surface area (Å²) in [6, 6.07) is 4.05. The van der Waals surface area contributed by atoms with Crippen molar-refractivity contribution in [2.75, 3.05) is 7.11 Å². The van der Waals surface area contributed by atoms with Crippen LogP contribution in [0, 0.1) is 11.7 Å². The van der Waals surface area contributed by atoms with E-state index in [2.05, 4.69) is 6.92 Å². The molecule has 1 aliphatic carbocycles. The zero-order valence-corrected chi connectivity index (χ0v) is 11.3. The molecule has 2 rings (SSSR count). The van der Waals surface area contributed by atoms with Gasteiger partial charge in [0.1, 0.15) is 5.60 Å². The van der Waals surface area contributed by atoms with E-state index in [1.807, 2.05) is 0 Å². The van der Waals surface area contributed by atoms with Crippen LogP contribution in [0.3, 0.4) is 0 Å². The van der Waals surface area contributed by atoms with E-state index in [-0.39, 0.29) is 17.1 Å². The number of methoxy groups -OCH3 is 1. The zero-order valence-electron chi connectivity index (χ0n) is 11.3. The fraction of sp³-hybridized carbons (Fsp3) is 0.533. The van der Waals surface area contributed by atoms with Crippen LogP contribution in [-0.4, -0.2) is 23.6 Å². The Hall–Kier alpha value is -1.42. The van der Waals surface area contributed by atoms with Crippen molar-refractivity contribution in [3.05, 3.63) is 29.6 Å². The molecule has 4 heteroatoms. The number of hydrogen-bond acceptors (Lipinski definition) is 3. The Morgan fingerprint density at radius 2 is 2.05 bits per heavy atom. The number of hydrogen-bond donors (Lipinski definition) is 1. The highest BCUT2D eigenvalue weighted by Crippen LogP contribution is 2.34. The molecule has 1 aliphatic rings. The van der Waals surface area contributed by atoms with Gasteiger partial charge in [0.15, 0.2) is 17.3 Å². The molecule has 0 radical (unpaired) electrons. The first-order valence-electron chi connectivity index (χ1n) is 6.57. The van der Waals surface area contributed by atoms with Gasteiger partial charge in [-0.3, -0.25) is 4.79 Å². The van der Waals surface area contributed by atoms with Gasteiger partial charge in [-0.25, -0.2) is 4.39 Å². The highest BCUT2D eigenvalue weighted by molar-refractivity contribution is 6.02. The summed E-state index contributed by atoms with van der Waals surface area (Å²) in [5.74, 6) is -0.344. The maximum absolute atomic E-state index is 13.6. The molecule has 0 unspecified atom stereocenters. The Bertz CT molecular complexity index is 476. The van der Waals surface area contributed by atoms with Crippen LogP contribution in [0.2, 0.25) is 0 Å². The van der Waals surface area contributed by atoms with Gasteiger partial charge in [-0.2, -0.15) is 0 Å². The molecular formula is C15H19FO3. The first kappa shape index (κ1) is 14.0. The minimum absolute atomic E-state index is 0.0980. The first-order chi connectivity index (χ1) is 8.96. The maximum atomic E-state index is 13.6. The van der Waals surface area contributed by atoms with Crippen molar-refractivity contribution in [2.24, 2.45) is 5.92 Å². The fourth-order valence-corrected chi connectivity index (χ4v) is 2.54. The third-order valence-corrected chi connectivity index (χ3v) is 3.94. The number of ketones is 1. The number of carbonyl (C=O) groups is 1. The second-order valence-corrected chi connectivity index (χ2v) is 5.39. The van der Waals surface area contributed by atoms with Crippen molar-refractivity contribution in [3.63, 3.8) is 0 Å². The number of carbonyl (C=O) groups excluding carboxylic acids is 1. The molecule has 0 aliphatic heterocycles. The lowest BCUT2D eigenvalue weighted by atomic mass is 9.76. The Labute approximate surface area is 112 Å². The summed E-state index contributed by atoms with van der Waals surface area (Å²) >= 11 is 0. The second kappa shape index (κ2) is 5.29. The van der Waals surface area contributed by atoms with Crippen LogP contribution in [0.4, 0.5) is 4.39 Å². The minimum Gasteiger partial charge on any atom is -0.494 e. The normalized spacial score (nSPS) is 27.1. The fourth-order valence-electron chi connectivity index (χ4n) is 2.54. The smallest absolute Gasteiger partial charge is 0.194 e. The SMILES string of the molecule is COc1ccc(C(=O)C2(O)CCC(C)CC2)cc1F. The number of ether oxygens (including phenoxy) is 1. The molecule has 1 N–H and O–H groups in total. The average molecular weight is 266 g/mol. The van der Waals surface area contributed by atoms with Gasteiger partial charge in [-0.15, -0.1) is 0 Å². The molecule has 3 nitrogen and oxygen atoms in total. The molecule has 0 saturated heterocycles. The molecule has 0 atom stereocenters. The highest BCUT2D eigenvalue weighted by Gasteiger charge is 2.39. The number of halogens is 1. The summed E-state index contributed by atoms with van der Waals surface area (Å²) in [7, 11) is 1.37. The van der Waals surface area contributed by atoms with Gasteiger partial charge in [0.25, 0.3) is 0 Å². The van der Waals surface area contributed by atoms with Crippen LogP contribution in [-0.2, 0) is 0 Å². The monoisotopic (exact) mass is 266 g/mol. The Balaban J connectivity index is 2.22. The molecule has 0 bridgehead atoms. The van der Waals surface area contributed by atoms with E-state index in [4.69, 9.17) is 4.74 Å². The van der Waals surface area contributed by atoms with E-state index in [1.54, 1.807) is 0 Å². The predicted molar refractivity (Wildman–Crippen MR) is 69.9 cm³/mol. The van der Waals surface area contributed by atoms with Gasteiger partial charge in [-0.05, 0) is 49.8 Å². The second-order valence-electron chi connectivity index (χ2n) is 5.39. The van der Waals surface area contributed by atoms with Gasteiger partial charge in [-0.1, -0.05) is 6.92 Å². The summed E-state index contributed by atoms with van der Waals surface area (Å²) in [5.41, 5.74) is -1.14. The molecule has 0 aromatic heterocycles. The van der Waals surface area contributed by atoms with Crippen molar-refractivity contribution in [1.29, 1.82) is 0 Å². The molecule has 1 aromatic rings. The van der Waals surface area contributed by atoms with Crippen molar-refractivity contribution < 1.29 is 19.0 Å². The minimum atomic E-state index is -1.34. The maximum Gasteiger partial charge on any atom is 0.194 e. The molecule has 0 amide bonds. The average Bonchev–Trinajstić information content (AvgIpc) is 2.41. The molecule has 104 valence electrons. The van der Waals surface area contributed by atoms with Gasteiger partial charge >= 0.3 is 0 Å². The zero-order chi connectivity index (χ0) is 14.0. The molecule has 0 spiro atoms. The van der Waals surface area contributed by atoms with E-state index in [0.29, 0.717) is 18.8 Å². The number of rotatable bonds is 3. The predicted octanol–water partition coefficient (Wildman–Crippen LogP) is 2.96. The summed E-state index contributed by atoms with van der Waals surface area (Å²) < 4.78 is 18.4. The van der Waals surface area contributed by atoms with Crippen LogP contribution in [0.1, 0.15) is 43.0 Å². The van der Waals surface area contributed by atoms with Crippen LogP contribution in [0.5, 0.6) is 5.75 Å². The van der Waals surface area contributed by atoms with Gasteiger partial charge < -0.3 is 9.84 Å². The Kier molecular flexibility index (Phi) is 3.90. The lowest BCUT2D eigenvalue weighted by Crippen LogP contribution is -2.41. The van der Waals surface area contributed by atoms with Gasteiger partial charge in [0.05, 0.1) is 7.11 Å². The van der Waals surface area contributed by atoms with Crippen LogP contribution >= 0.6 is 0 Å². The lowest BCUT2D eigenvalue weighted by molar-refractivity contribution is 0.00423. The topological polar surface area (TPSA) is 46.5 Å². The van der Waals surface area contributed by atoms with E-state index in [0.717, 1.165) is 18.9 Å². The Morgan fingerprint density at radius 1 is 1.42 bits per heavy atom. The summed E-state index contributed by atoms with van der Waals surface area (Å²) in [5, 5.41) is 10.4. The molecule has 1 aromatic carbocycles. The summed E-state index contributed by atoms with van der Waals surface area (Å²) in [4.78, 5) is 12.3. The van der Waals surface area contributed by atoms with Crippen LogP contribution < -0.4 is 4.74 Å². The molecule has 0 heterocycles. The standard InChI is InChI=1S/C15H19FO3/c1-10-5-7-15(18,8-6-10)14(17)11-3-4-13(19-2)12(16)9-11/h3-4,9-10,18H,5-8H2,1-2H3. The lowest BCUT2D eigenvalue weighted by Gasteiger charge is -2.33. The van der Waals surface area contributed by atoms with E-state index in [1.165, 1.54) is 19.2 Å². The number of Topliss-reactive ketones (excluding diaryl/α,β-unsaturated/α-hetero) is 1. The van der Waals surface area contributed by atoms with Crippen LogP contribution in [0.15, 0.2) is 18.2 Å². The molecular weight excluding hydrogens is 247 g/mol. The van der Waals surface area contributed by atoms with E-state index < -0.39 is 11.4 Å². The van der Waals surface area contributed by atoms with Crippen molar-refractivity contribution in [1.82, 2.24) is 0 Å². The van der Waals surface area contributed by atoms with Crippen molar-refractivity contribution in [2.45, 2.75) is 38.2 Å². The number of benzene rings is 1.